The molecule has 0 unspecified atom stereocenters. The van der Waals surface area contributed by atoms with Crippen LogP contribution in [0.4, 0.5) is 0 Å². The maximum atomic E-state index is 11.1. The molecule has 0 fully saturated rings. The van der Waals surface area contributed by atoms with E-state index in [0.717, 1.165) is 22.0 Å². The number of hydrogen-bond donors (Lipinski definition) is 0. The van der Waals surface area contributed by atoms with Crippen molar-refractivity contribution in [1.82, 2.24) is 0 Å². The first-order chi connectivity index (χ1) is 10.1. The molecule has 2 aromatic rings. The van der Waals surface area contributed by atoms with Crippen LogP contribution in [-0.2, 0) is 16.0 Å². The van der Waals surface area contributed by atoms with Gasteiger partial charge in [0.25, 0.3) is 0 Å². The smallest absolute Gasteiger partial charge is 0.302 e. The number of halogens is 1. The zero-order valence-corrected chi connectivity index (χ0v) is 13.5. The number of hydrogen-bond acceptors (Lipinski definition) is 2. The SMILES string of the molecule is CC(=O)OC/C(=C\c1cccc(Br)c1)Cc1ccccc1. The van der Waals surface area contributed by atoms with Crippen LogP contribution in [0.2, 0.25) is 0 Å². The average Bonchev–Trinajstić information content (AvgIpc) is 2.46. The minimum atomic E-state index is -0.261. The predicted octanol–water partition coefficient (Wildman–Crippen LogP) is 4.64. The second-order valence-electron chi connectivity index (χ2n) is 4.80. The van der Waals surface area contributed by atoms with Crippen LogP contribution < -0.4 is 0 Å². The van der Waals surface area contributed by atoms with Crippen LogP contribution >= 0.6 is 15.9 Å². The Balaban J connectivity index is 2.20. The molecule has 0 N–H and O–H groups in total. The Kier molecular flexibility index (Phi) is 5.76. The Morgan fingerprint density at radius 3 is 2.57 bits per heavy atom. The second-order valence-corrected chi connectivity index (χ2v) is 5.72. The van der Waals surface area contributed by atoms with Crippen molar-refractivity contribution in [1.29, 1.82) is 0 Å². The van der Waals surface area contributed by atoms with E-state index in [1.54, 1.807) is 0 Å². The van der Waals surface area contributed by atoms with Gasteiger partial charge in [-0.25, -0.2) is 0 Å². The van der Waals surface area contributed by atoms with Crippen molar-refractivity contribution in [2.75, 3.05) is 6.61 Å². The maximum absolute atomic E-state index is 11.1. The number of esters is 1. The average molecular weight is 345 g/mol. The molecule has 0 aromatic heterocycles. The van der Waals surface area contributed by atoms with Gasteiger partial charge in [-0.3, -0.25) is 4.79 Å². The van der Waals surface area contributed by atoms with E-state index in [4.69, 9.17) is 4.74 Å². The lowest BCUT2D eigenvalue weighted by atomic mass is 10.0. The molecule has 3 heteroatoms. The van der Waals surface area contributed by atoms with Gasteiger partial charge in [-0.05, 0) is 35.3 Å². The highest BCUT2D eigenvalue weighted by Gasteiger charge is 2.03. The van der Waals surface area contributed by atoms with Gasteiger partial charge in [-0.1, -0.05) is 64.5 Å². The minimum absolute atomic E-state index is 0.261. The predicted molar refractivity (Wildman–Crippen MR) is 88.9 cm³/mol. The van der Waals surface area contributed by atoms with Gasteiger partial charge in [0.2, 0.25) is 0 Å². The summed E-state index contributed by atoms with van der Waals surface area (Å²) < 4.78 is 6.19. The van der Waals surface area contributed by atoms with Crippen LogP contribution in [-0.4, -0.2) is 12.6 Å². The van der Waals surface area contributed by atoms with Gasteiger partial charge < -0.3 is 4.74 Å². The molecule has 0 saturated heterocycles. The van der Waals surface area contributed by atoms with E-state index in [-0.39, 0.29) is 5.97 Å². The quantitative estimate of drug-likeness (QED) is 0.738. The molecule has 2 nitrogen and oxygen atoms in total. The molecular formula is C18H17BrO2. The van der Waals surface area contributed by atoms with Crippen LogP contribution in [0, 0.1) is 0 Å². The summed E-state index contributed by atoms with van der Waals surface area (Å²) in [6.45, 7) is 1.75. The molecule has 0 heterocycles. The molecule has 0 bridgehead atoms. The Bertz CT molecular complexity index is 633. The monoisotopic (exact) mass is 344 g/mol. The molecule has 0 radical (unpaired) electrons. The molecule has 0 amide bonds. The van der Waals surface area contributed by atoms with Gasteiger partial charge in [0.15, 0.2) is 0 Å². The molecule has 0 saturated carbocycles. The standard InChI is InChI=1S/C18H17BrO2/c1-14(20)21-13-17(10-15-6-3-2-4-7-15)11-16-8-5-9-18(19)12-16/h2-9,11-12H,10,13H2,1H3/b17-11-. The van der Waals surface area contributed by atoms with Crippen LogP contribution in [0.15, 0.2) is 64.6 Å². The number of carbonyl (C=O) groups is 1. The summed E-state index contributed by atoms with van der Waals surface area (Å²) >= 11 is 3.47. The number of carbonyl (C=O) groups excluding carboxylic acids is 1. The molecule has 0 aliphatic rings. The summed E-state index contributed by atoms with van der Waals surface area (Å²) in [6, 6.07) is 18.2. The van der Waals surface area contributed by atoms with E-state index in [0.29, 0.717) is 6.61 Å². The third-order valence-electron chi connectivity index (χ3n) is 2.95. The molecule has 0 spiro atoms. The van der Waals surface area contributed by atoms with Crippen molar-refractivity contribution < 1.29 is 9.53 Å². The number of ether oxygens (including phenoxy) is 1. The molecule has 2 aromatic carbocycles. The second kappa shape index (κ2) is 7.79. The Labute approximate surface area is 133 Å². The van der Waals surface area contributed by atoms with Gasteiger partial charge in [-0.2, -0.15) is 0 Å². The number of rotatable bonds is 5. The van der Waals surface area contributed by atoms with Gasteiger partial charge in [0, 0.05) is 11.4 Å². The lowest BCUT2D eigenvalue weighted by molar-refractivity contribution is -0.139. The topological polar surface area (TPSA) is 26.3 Å². The largest absolute Gasteiger partial charge is 0.461 e. The van der Waals surface area contributed by atoms with Gasteiger partial charge in [-0.15, -0.1) is 0 Å². The summed E-state index contributed by atoms with van der Waals surface area (Å²) in [6.07, 6.45) is 2.83. The first kappa shape index (κ1) is 15.5. The first-order valence-electron chi connectivity index (χ1n) is 6.76. The van der Waals surface area contributed by atoms with Gasteiger partial charge in [0.05, 0.1) is 0 Å². The summed E-state index contributed by atoms with van der Waals surface area (Å²) in [4.78, 5) is 11.1. The highest BCUT2D eigenvalue weighted by atomic mass is 79.9. The molecule has 108 valence electrons. The molecule has 0 atom stereocenters. The van der Waals surface area contributed by atoms with Crippen LogP contribution in [0.3, 0.4) is 0 Å². The Morgan fingerprint density at radius 1 is 1.14 bits per heavy atom. The normalized spacial score (nSPS) is 11.2. The summed E-state index contributed by atoms with van der Waals surface area (Å²) in [5.41, 5.74) is 3.35. The molecule has 2 rings (SSSR count). The molecular weight excluding hydrogens is 328 g/mol. The van der Waals surface area contributed by atoms with E-state index >= 15 is 0 Å². The van der Waals surface area contributed by atoms with Crippen molar-refractivity contribution in [3.8, 4) is 0 Å². The van der Waals surface area contributed by atoms with E-state index in [1.165, 1.54) is 12.5 Å². The van der Waals surface area contributed by atoms with E-state index < -0.39 is 0 Å². The van der Waals surface area contributed by atoms with E-state index in [1.807, 2.05) is 42.5 Å². The minimum Gasteiger partial charge on any atom is -0.461 e. The van der Waals surface area contributed by atoms with Crippen molar-refractivity contribution in [3.63, 3.8) is 0 Å². The Morgan fingerprint density at radius 2 is 1.90 bits per heavy atom. The third-order valence-corrected chi connectivity index (χ3v) is 3.45. The fourth-order valence-electron chi connectivity index (χ4n) is 2.03. The van der Waals surface area contributed by atoms with Gasteiger partial charge >= 0.3 is 5.97 Å². The molecule has 0 aliphatic heterocycles. The highest BCUT2D eigenvalue weighted by molar-refractivity contribution is 9.10. The first-order valence-corrected chi connectivity index (χ1v) is 7.55. The van der Waals surface area contributed by atoms with Crippen LogP contribution in [0.1, 0.15) is 18.1 Å². The summed E-state index contributed by atoms with van der Waals surface area (Å²) in [5, 5.41) is 0. The van der Waals surface area contributed by atoms with Crippen molar-refractivity contribution in [2.24, 2.45) is 0 Å². The number of benzene rings is 2. The molecule has 21 heavy (non-hydrogen) atoms. The van der Waals surface area contributed by atoms with Crippen molar-refractivity contribution in [2.45, 2.75) is 13.3 Å². The zero-order valence-electron chi connectivity index (χ0n) is 11.9. The fraction of sp³-hybridized carbons (Fsp3) is 0.167. The lowest BCUT2D eigenvalue weighted by Gasteiger charge is -2.09. The summed E-state index contributed by atoms with van der Waals surface area (Å²) in [5.74, 6) is -0.261. The van der Waals surface area contributed by atoms with Gasteiger partial charge in [0.1, 0.15) is 6.61 Å². The molecule has 0 aliphatic carbocycles. The Hall–Kier alpha value is -1.87. The zero-order chi connectivity index (χ0) is 15.1. The van der Waals surface area contributed by atoms with Crippen molar-refractivity contribution in [3.05, 3.63) is 75.8 Å². The maximum Gasteiger partial charge on any atom is 0.302 e. The van der Waals surface area contributed by atoms with Crippen molar-refractivity contribution >= 4 is 28.0 Å². The highest BCUT2D eigenvalue weighted by Crippen LogP contribution is 2.17. The summed E-state index contributed by atoms with van der Waals surface area (Å²) in [7, 11) is 0. The third kappa shape index (κ3) is 5.56. The fourth-order valence-corrected chi connectivity index (χ4v) is 2.45. The van der Waals surface area contributed by atoms with Crippen LogP contribution in [0.5, 0.6) is 0 Å². The lowest BCUT2D eigenvalue weighted by Crippen LogP contribution is -2.05. The van der Waals surface area contributed by atoms with Crippen LogP contribution in [0.25, 0.3) is 6.08 Å². The van der Waals surface area contributed by atoms with E-state index in [2.05, 4.69) is 34.1 Å². The van der Waals surface area contributed by atoms with E-state index in [9.17, 15) is 4.79 Å².